The van der Waals surface area contributed by atoms with Gasteiger partial charge in [0, 0.05) is 17.8 Å². The molecule has 0 radical (unpaired) electrons. The minimum absolute atomic E-state index is 0.287. The third kappa shape index (κ3) is 4.81. The van der Waals surface area contributed by atoms with Crippen LogP contribution in [0.5, 0.6) is 0 Å². The van der Waals surface area contributed by atoms with E-state index in [-0.39, 0.29) is 12.5 Å². The summed E-state index contributed by atoms with van der Waals surface area (Å²) in [6, 6.07) is 20.5. The highest BCUT2D eigenvalue weighted by Gasteiger charge is 2.12. The molecule has 2 aromatic carbocycles. The second-order valence-corrected chi connectivity index (χ2v) is 5.96. The zero-order chi connectivity index (χ0) is 18.2. The van der Waals surface area contributed by atoms with Gasteiger partial charge < -0.3 is 5.32 Å². The molecular formula is C20H18ClN3O2. The molecule has 0 spiro atoms. The third-order valence-corrected chi connectivity index (χ3v) is 4.07. The number of hydroxylamine groups is 1. The van der Waals surface area contributed by atoms with Crippen molar-refractivity contribution in [3.8, 4) is 0 Å². The van der Waals surface area contributed by atoms with Gasteiger partial charge in [-0.15, -0.1) is 0 Å². The lowest BCUT2D eigenvalue weighted by atomic mass is 10.2. The van der Waals surface area contributed by atoms with Crippen molar-refractivity contribution in [2.75, 3.05) is 5.32 Å². The Morgan fingerprint density at radius 3 is 2.58 bits per heavy atom. The number of halogens is 1. The van der Waals surface area contributed by atoms with Crippen LogP contribution >= 0.6 is 11.6 Å². The molecule has 0 aliphatic carbocycles. The summed E-state index contributed by atoms with van der Waals surface area (Å²) in [4.78, 5) is 21.9. The first-order valence-electron chi connectivity index (χ1n) is 8.12. The first-order valence-corrected chi connectivity index (χ1v) is 8.50. The van der Waals surface area contributed by atoms with Gasteiger partial charge in [0.05, 0.1) is 12.2 Å². The fourth-order valence-electron chi connectivity index (χ4n) is 2.36. The number of benzene rings is 2. The summed E-state index contributed by atoms with van der Waals surface area (Å²) in [5, 5.41) is 3.81. The van der Waals surface area contributed by atoms with Gasteiger partial charge >= 0.3 is 0 Å². The van der Waals surface area contributed by atoms with Crippen LogP contribution in [0.2, 0.25) is 5.02 Å². The number of rotatable bonds is 7. The van der Waals surface area contributed by atoms with Crippen LogP contribution in [0.4, 0.5) is 5.82 Å². The molecule has 132 valence electrons. The Morgan fingerprint density at radius 2 is 1.77 bits per heavy atom. The van der Waals surface area contributed by atoms with Gasteiger partial charge in [0.1, 0.15) is 5.82 Å². The molecule has 6 heteroatoms. The number of carbonyl (C=O) groups excluding carboxylic acids is 1. The quantitative estimate of drug-likeness (QED) is 0.614. The lowest BCUT2D eigenvalue weighted by molar-refractivity contribution is 0.0234. The number of nitrogens with zero attached hydrogens (tertiary/aromatic N) is 1. The monoisotopic (exact) mass is 367 g/mol. The maximum Gasteiger partial charge on any atom is 0.278 e. The summed E-state index contributed by atoms with van der Waals surface area (Å²) < 4.78 is 0. The molecule has 26 heavy (non-hydrogen) atoms. The van der Waals surface area contributed by atoms with Crippen LogP contribution in [0.25, 0.3) is 0 Å². The average Bonchev–Trinajstić information content (AvgIpc) is 2.68. The van der Waals surface area contributed by atoms with Gasteiger partial charge in [-0.05, 0) is 29.3 Å². The summed E-state index contributed by atoms with van der Waals surface area (Å²) in [5.74, 6) is 0.101. The summed E-state index contributed by atoms with van der Waals surface area (Å²) in [5.41, 5.74) is 4.74. The largest absolute Gasteiger partial charge is 0.365 e. The summed E-state index contributed by atoms with van der Waals surface area (Å²) >= 11 is 6.16. The van der Waals surface area contributed by atoms with E-state index >= 15 is 0 Å². The summed E-state index contributed by atoms with van der Waals surface area (Å²) in [7, 11) is 0. The number of hydrogen-bond acceptors (Lipinski definition) is 4. The highest BCUT2D eigenvalue weighted by Crippen LogP contribution is 2.18. The SMILES string of the molecule is O=C(NOCc1ccccc1)c1cccnc1NCc1ccccc1Cl. The number of carbonyl (C=O) groups is 1. The molecule has 0 aliphatic heterocycles. The van der Waals surface area contributed by atoms with E-state index in [9.17, 15) is 4.79 Å². The van der Waals surface area contributed by atoms with E-state index in [0.29, 0.717) is 22.9 Å². The number of pyridine rings is 1. The van der Waals surface area contributed by atoms with Crippen LogP contribution < -0.4 is 10.8 Å². The molecule has 0 fully saturated rings. The van der Waals surface area contributed by atoms with Gasteiger partial charge in [-0.1, -0.05) is 60.1 Å². The van der Waals surface area contributed by atoms with Gasteiger partial charge in [-0.3, -0.25) is 9.63 Å². The number of nitrogens with one attached hydrogen (secondary N) is 2. The number of hydrogen-bond donors (Lipinski definition) is 2. The van der Waals surface area contributed by atoms with Crippen LogP contribution in [-0.4, -0.2) is 10.9 Å². The Morgan fingerprint density at radius 1 is 1.00 bits per heavy atom. The predicted molar refractivity (Wildman–Crippen MR) is 102 cm³/mol. The number of amides is 1. The molecular weight excluding hydrogens is 350 g/mol. The van der Waals surface area contributed by atoms with Gasteiger partial charge in [0.15, 0.2) is 0 Å². The predicted octanol–water partition coefficient (Wildman–Crippen LogP) is 4.21. The van der Waals surface area contributed by atoms with Crippen LogP contribution in [-0.2, 0) is 18.0 Å². The van der Waals surface area contributed by atoms with Crippen molar-refractivity contribution in [1.82, 2.24) is 10.5 Å². The second-order valence-electron chi connectivity index (χ2n) is 5.55. The smallest absolute Gasteiger partial charge is 0.278 e. The van der Waals surface area contributed by atoms with Crippen molar-refractivity contribution in [3.63, 3.8) is 0 Å². The van der Waals surface area contributed by atoms with Crippen LogP contribution in [0, 0.1) is 0 Å². The highest BCUT2D eigenvalue weighted by molar-refractivity contribution is 6.31. The third-order valence-electron chi connectivity index (χ3n) is 3.70. The lowest BCUT2D eigenvalue weighted by Gasteiger charge is -2.12. The van der Waals surface area contributed by atoms with Crippen molar-refractivity contribution < 1.29 is 9.63 Å². The van der Waals surface area contributed by atoms with Crippen LogP contribution in [0.15, 0.2) is 72.9 Å². The van der Waals surface area contributed by atoms with E-state index in [1.54, 1.807) is 18.3 Å². The standard InChI is InChI=1S/C20H18ClN3O2/c21-18-11-5-4-9-16(18)13-23-19-17(10-6-12-22-19)20(25)24-26-14-15-7-2-1-3-8-15/h1-12H,13-14H2,(H,22,23)(H,24,25). The fourth-order valence-corrected chi connectivity index (χ4v) is 2.57. The number of anilines is 1. The molecule has 1 heterocycles. The molecule has 0 bridgehead atoms. The van der Waals surface area contributed by atoms with E-state index in [1.807, 2.05) is 54.6 Å². The van der Waals surface area contributed by atoms with Crippen molar-refractivity contribution in [1.29, 1.82) is 0 Å². The number of aromatic nitrogens is 1. The van der Waals surface area contributed by atoms with E-state index < -0.39 is 0 Å². The molecule has 5 nitrogen and oxygen atoms in total. The van der Waals surface area contributed by atoms with E-state index in [0.717, 1.165) is 11.1 Å². The molecule has 3 aromatic rings. The van der Waals surface area contributed by atoms with Gasteiger partial charge in [-0.25, -0.2) is 10.5 Å². The molecule has 2 N–H and O–H groups in total. The summed E-state index contributed by atoms with van der Waals surface area (Å²) in [6.07, 6.45) is 1.62. The Bertz CT molecular complexity index is 872. The normalized spacial score (nSPS) is 10.3. The van der Waals surface area contributed by atoms with E-state index in [2.05, 4.69) is 15.8 Å². The Labute approximate surface area is 156 Å². The molecule has 0 unspecified atom stereocenters. The first kappa shape index (κ1) is 17.9. The lowest BCUT2D eigenvalue weighted by Crippen LogP contribution is -2.25. The zero-order valence-corrected chi connectivity index (χ0v) is 14.7. The van der Waals surface area contributed by atoms with Crippen LogP contribution in [0.3, 0.4) is 0 Å². The van der Waals surface area contributed by atoms with Gasteiger partial charge in [0.25, 0.3) is 5.91 Å². The maximum absolute atomic E-state index is 12.4. The minimum Gasteiger partial charge on any atom is -0.365 e. The first-order chi connectivity index (χ1) is 12.7. The molecule has 1 aromatic heterocycles. The van der Waals surface area contributed by atoms with E-state index in [4.69, 9.17) is 16.4 Å². The fraction of sp³-hybridized carbons (Fsp3) is 0.100. The van der Waals surface area contributed by atoms with Gasteiger partial charge in [0.2, 0.25) is 0 Å². The summed E-state index contributed by atoms with van der Waals surface area (Å²) in [6.45, 7) is 0.747. The maximum atomic E-state index is 12.4. The molecule has 0 aliphatic rings. The van der Waals surface area contributed by atoms with Crippen molar-refractivity contribution >= 4 is 23.3 Å². The van der Waals surface area contributed by atoms with Crippen molar-refractivity contribution in [2.24, 2.45) is 0 Å². The highest BCUT2D eigenvalue weighted by atomic mass is 35.5. The van der Waals surface area contributed by atoms with Crippen LogP contribution in [0.1, 0.15) is 21.5 Å². The molecule has 3 rings (SSSR count). The van der Waals surface area contributed by atoms with Crippen molar-refractivity contribution in [2.45, 2.75) is 13.2 Å². The molecule has 0 atom stereocenters. The molecule has 1 amide bonds. The Hall–Kier alpha value is -2.89. The minimum atomic E-state index is -0.365. The Balaban J connectivity index is 1.61. The Kier molecular flexibility index (Phi) is 6.19. The molecule has 0 saturated carbocycles. The second kappa shape index (κ2) is 8.99. The average molecular weight is 368 g/mol. The van der Waals surface area contributed by atoms with Gasteiger partial charge in [-0.2, -0.15) is 0 Å². The molecule has 0 saturated heterocycles. The zero-order valence-electron chi connectivity index (χ0n) is 14.0. The van der Waals surface area contributed by atoms with E-state index in [1.165, 1.54) is 0 Å². The van der Waals surface area contributed by atoms with Crippen molar-refractivity contribution in [3.05, 3.63) is 94.6 Å². The topological polar surface area (TPSA) is 63.2 Å².